The number of carboxylic acid groups (broad SMARTS) is 1. The van der Waals surface area contributed by atoms with Crippen molar-refractivity contribution < 1.29 is 82.3 Å². The van der Waals surface area contributed by atoms with Crippen LogP contribution in [0.1, 0.15) is 64.1 Å². The van der Waals surface area contributed by atoms with Gasteiger partial charge in [0.2, 0.25) is 0 Å². The van der Waals surface area contributed by atoms with E-state index in [1.807, 2.05) is 117 Å². The minimum absolute atomic E-state index is 0. The third-order valence-electron chi connectivity index (χ3n) is 12.8. The van der Waals surface area contributed by atoms with Crippen molar-refractivity contribution >= 4 is 49.1 Å². The van der Waals surface area contributed by atoms with E-state index in [9.17, 15) is 22.0 Å². The summed E-state index contributed by atoms with van der Waals surface area (Å²) in [6.07, 6.45) is -2.00. The molecular weight excluding hydrogens is 1560 g/mol. The van der Waals surface area contributed by atoms with Crippen LogP contribution in [0.25, 0.3) is 86.3 Å². The zero-order chi connectivity index (χ0) is 64.9. The number of halogens is 5. The number of aliphatic carboxylic acids is 1. The van der Waals surface area contributed by atoms with Gasteiger partial charge in [-0.2, -0.15) is 13.2 Å². The second kappa shape index (κ2) is 35.6. The average molecular weight is 1620 g/mol. The molecule has 10 nitrogen and oxygen atoms in total. The van der Waals surface area contributed by atoms with Crippen LogP contribution < -0.4 is 5.11 Å². The maximum absolute atomic E-state index is 13.2. The first-order valence-corrected chi connectivity index (χ1v) is 29.3. The molecule has 0 atom stereocenters. The fourth-order valence-corrected chi connectivity index (χ4v) is 10.5. The molecule has 0 aliphatic rings. The normalized spacial score (nSPS) is 10.6. The number of benzene rings is 6. The molecule has 0 bridgehead atoms. The number of aryl methyl sites for hydroxylation is 2. The Morgan fingerprint density at radius 1 is 0.473 bits per heavy atom. The van der Waals surface area contributed by atoms with Gasteiger partial charge in [-0.25, -0.2) is 23.7 Å². The van der Waals surface area contributed by atoms with Crippen molar-refractivity contribution in [2.45, 2.75) is 72.4 Å². The van der Waals surface area contributed by atoms with Crippen molar-refractivity contribution in [2.75, 3.05) is 14.2 Å². The van der Waals surface area contributed by atoms with Gasteiger partial charge in [-0.1, -0.05) is 114 Å². The van der Waals surface area contributed by atoms with Crippen molar-refractivity contribution in [3.05, 3.63) is 253 Å². The number of nitrogens with zero attached hydrogens (tertiary/aromatic N) is 6. The number of carbonyl (C=O) groups excluding carboxylic acids is 1. The molecule has 6 aromatic heterocycles. The topological polar surface area (TPSA) is 158 Å². The van der Waals surface area contributed by atoms with Crippen LogP contribution in [0.2, 0.25) is 0 Å². The molecule has 6 heterocycles. The zero-order valence-corrected chi connectivity index (χ0v) is 57.7. The average Bonchev–Trinajstić information content (AvgIpc) is 1.78. The largest absolute Gasteiger partial charge is 0.542 e. The number of thiophene rings is 2. The van der Waals surface area contributed by atoms with Gasteiger partial charge >= 0.3 is 6.18 Å². The third kappa shape index (κ3) is 22.1. The number of hydrogen-bond acceptors (Lipinski definition) is 12. The van der Waals surface area contributed by atoms with Gasteiger partial charge in [-0.3, -0.25) is 4.98 Å². The Hall–Kier alpha value is -7.96. The van der Waals surface area contributed by atoms with Crippen molar-refractivity contribution in [2.24, 2.45) is 0 Å². The zero-order valence-electron chi connectivity index (χ0n) is 51.3. The number of aromatic nitrogens is 6. The van der Waals surface area contributed by atoms with Crippen LogP contribution >= 0.6 is 22.7 Å². The van der Waals surface area contributed by atoms with Crippen molar-refractivity contribution in [1.82, 2.24) is 29.9 Å². The Morgan fingerprint density at radius 2 is 0.868 bits per heavy atom. The van der Waals surface area contributed by atoms with Gasteiger partial charge in [0.05, 0.1) is 21.4 Å². The maximum atomic E-state index is 13.2. The van der Waals surface area contributed by atoms with Gasteiger partial charge in [0, 0.05) is 91.5 Å². The Morgan fingerprint density at radius 3 is 1.23 bits per heavy atom. The summed E-state index contributed by atoms with van der Waals surface area (Å²) in [4.78, 5) is 37.6. The van der Waals surface area contributed by atoms with E-state index in [0.717, 1.165) is 112 Å². The number of pyridine rings is 2. The minimum atomic E-state index is -5.19. The molecule has 91 heavy (non-hydrogen) atoms. The predicted molar refractivity (Wildman–Crippen MR) is 347 cm³/mol. The van der Waals surface area contributed by atoms with Crippen molar-refractivity contribution in [3.63, 3.8) is 0 Å². The molecule has 0 fully saturated rings. The maximum Gasteiger partial charge on any atom is 0.430 e. The van der Waals surface area contributed by atoms with E-state index in [-0.39, 0.29) is 62.7 Å². The number of aliphatic hydroxyl groups excluding tert-OH is 2. The van der Waals surface area contributed by atoms with Gasteiger partial charge in [-0.05, 0) is 101 Å². The SMILES string of the molecule is CC(C)(C)c1c[c-]c(-c2ncnc3cc(-c4ccc(F)cc4)sc23)cc1.CC(C)(C)c1ccc(-c2ncnc3cc(-c4ccc(F)cc4)sc23)cc1.CO.CO.Cc1cccc(-c2[c-]cccc2)n1.Cc1cccc(-c2[c-]cccc2)n1.O=C([O-])C(F)(F)F.[Ir].[Ir]. The summed E-state index contributed by atoms with van der Waals surface area (Å²) in [5.74, 6) is -3.47. The third-order valence-corrected chi connectivity index (χ3v) is 15.2. The number of alkyl halides is 3. The second-order valence-electron chi connectivity index (χ2n) is 21.3. The number of carboxylic acids is 1. The Balaban J connectivity index is 0.000000253. The second-order valence-corrected chi connectivity index (χ2v) is 23.4. The van der Waals surface area contributed by atoms with Crippen LogP contribution in [0.15, 0.2) is 201 Å². The molecule has 0 spiro atoms. The molecule has 2 N–H and O–H groups in total. The van der Waals surface area contributed by atoms with Crippen molar-refractivity contribution in [1.29, 1.82) is 0 Å². The van der Waals surface area contributed by atoms with Crippen LogP contribution in [0.5, 0.6) is 0 Å². The summed E-state index contributed by atoms with van der Waals surface area (Å²) in [5, 5.41) is 22.8. The van der Waals surface area contributed by atoms with Crippen LogP contribution in [0, 0.1) is 43.7 Å². The summed E-state index contributed by atoms with van der Waals surface area (Å²) in [7, 11) is 2.00. The monoisotopic (exact) mass is 1620 g/mol. The number of fused-ring (bicyclic) bond motifs is 2. The van der Waals surface area contributed by atoms with Crippen LogP contribution in [0.4, 0.5) is 22.0 Å². The van der Waals surface area contributed by atoms with Gasteiger partial charge < -0.3 is 30.1 Å². The van der Waals surface area contributed by atoms with Crippen LogP contribution in [-0.4, -0.2) is 66.5 Å². The summed E-state index contributed by atoms with van der Waals surface area (Å²) >= 11 is 3.26. The van der Waals surface area contributed by atoms with Crippen LogP contribution in [0.3, 0.4) is 0 Å². The molecule has 6 aromatic carbocycles. The molecule has 19 heteroatoms. The fourth-order valence-electron chi connectivity index (χ4n) is 8.28. The van der Waals surface area contributed by atoms with E-state index in [0.29, 0.717) is 0 Å². The van der Waals surface area contributed by atoms with Gasteiger partial charge in [0.1, 0.15) is 30.3 Å². The molecule has 0 aliphatic carbocycles. The first-order chi connectivity index (χ1) is 42.5. The number of hydrogen-bond donors (Lipinski definition) is 2. The van der Waals surface area contributed by atoms with Gasteiger partial charge in [0.15, 0.2) is 0 Å². The van der Waals surface area contributed by atoms with Gasteiger partial charge in [-0.15, -0.1) is 130 Å². The fraction of sp³-hybridized carbons (Fsp3) is 0.181. The molecule has 0 saturated carbocycles. The minimum Gasteiger partial charge on any atom is -0.542 e. The molecule has 476 valence electrons. The van der Waals surface area contributed by atoms with E-state index < -0.39 is 12.1 Å². The molecule has 0 aliphatic heterocycles. The molecule has 12 rings (SSSR count). The first-order valence-electron chi connectivity index (χ1n) is 27.6. The standard InChI is InChI=1S/C22H19FN2S.C22H18FN2S.2C12H10N.C2HF3O2.2CH4O.2Ir/c2*1-22(2,3)16-8-4-15(5-9-16)20-21-18(24-13-25-20)12-19(26-21)14-6-10-17(23)11-7-14;2*1-10-6-5-9-12(13-10)11-7-3-2-4-8-11;3-2(4,5)1(6)7;2*1-2;;/h4-13H,1-3H3;4,6-13H,1-3H3;2*2-7,9H,1H3;(H,6,7);2*2H,1H3;;/q;3*-1;;;;;/p-1. The van der Waals surface area contributed by atoms with Gasteiger partial charge in [0.25, 0.3) is 0 Å². The van der Waals surface area contributed by atoms with E-state index in [4.69, 9.17) is 20.1 Å². The van der Waals surface area contributed by atoms with Crippen LogP contribution in [-0.2, 0) is 55.8 Å². The smallest absolute Gasteiger partial charge is 0.430 e. The van der Waals surface area contributed by atoms with E-state index in [1.54, 1.807) is 59.6 Å². The molecular formula is C72H65F5Ir2N6O4S2-4. The summed E-state index contributed by atoms with van der Waals surface area (Å²) in [5.41, 5.74) is 16.5. The molecule has 2 radical (unpaired) electrons. The Kier molecular flexibility index (Phi) is 29.5. The Bertz CT molecular complexity index is 3890. The molecule has 0 saturated heterocycles. The number of aliphatic hydroxyl groups is 2. The van der Waals surface area contributed by atoms with Crippen molar-refractivity contribution in [3.8, 4) is 65.9 Å². The molecule has 0 unspecified atom stereocenters. The predicted octanol–water partition coefficient (Wildman–Crippen LogP) is 16.9. The summed E-state index contributed by atoms with van der Waals surface area (Å²) < 4.78 is 60.0. The molecule has 0 amide bonds. The van der Waals surface area contributed by atoms with E-state index >= 15 is 0 Å². The van der Waals surface area contributed by atoms with E-state index in [1.165, 1.54) is 35.4 Å². The quantitative estimate of drug-likeness (QED) is 0.121. The van der Waals surface area contributed by atoms with E-state index in [2.05, 4.69) is 126 Å². The summed E-state index contributed by atoms with van der Waals surface area (Å²) in [6.45, 7) is 17.2. The molecule has 12 aromatic rings. The number of carbonyl (C=O) groups is 1. The number of rotatable bonds is 6. The first kappa shape index (κ1) is 75.5. The Labute approximate surface area is 562 Å². The summed E-state index contributed by atoms with van der Waals surface area (Å²) in [6, 6.07) is 69.4.